The molecule has 0 aliphatic heterocycles. The summed E-state index contributed by atoms with van der Waals surface area (Å²) in [6.45, 7) is 0.548. The molecular weight excluding hydrogens is 286 g/mol. The predicted octanol–water partition coefficient (Wildman–Crippen LogP) is 1.91. The van der Waals surface area contributed by atoms with Gasteiger partial charge in [-0.05, 0) is 5.56 Å². The van der Waals surface area contributed by atoms with Crippen LogP contribution in [0.4, 0.5) is 0 Å². The van der Waals surface area contributed by atoms with Gasteiger partial charge in [-0.25, -0.2) is 9.67 Å². The molecule has 0 saturated carbocycles. The number of hydrogen-bond donors (Lipinski definition) is 0. The Hall–Kier alpha value is -1.80. The van der Waals surface area contributed by atoms with Gasteiger partial charge in [-0.3, -0.25) is 0 Å². The first-order chi connectivity index (χ1) is 10.7. The fourth-order valence-electron chi connectivity index (χ4n) is 2.13. The summed E-state index contributed by atoms with van der Waals surface area (Å²) in [7, 11) is 6.19. The molecule has 22 heavy (non-hydrogen) atoms. The lowest BCUT2D eigenvalue weighted by atomic mass is 10.2. The molecule has 0 aliphatic carbocycles. The van der Waals surface area contributed by atoms with Gasteiger partial charge in [0.2, 0.25) is 18.4 Å². The number of ether oxygens (including phenoxy) is 4. The molecule has 0 fully saturated rings. The van der Waals surface area contributed by atoms with Gasteiger partial charge < -0.3 is 18.9 Å². The SMILES string of the molecule is COC(OC)c1nc(C(OC)OC)n(Cc2ccccc2)n1. The molecule has 120 valence electrons. The molecule has 0 radical (unpaired) electrons. The predicted molar refractivity (Wildman–Crippen MR) is 79.1 cm³/mol. The van der Waals surface area contributed by atoms with Gasteiger partial charge in [-0.2, -0.15) is 0 Å². The Morgan fingerprint density at radius 1 is 0.909 bits per heavy atom. The van der Waals surface area contributed by atoms with E-state index in [2.05, 4.69) is 10.1 Å². The van der Waals surface area contributed by atoms with Crippen molar-refractivity contribution in [1.82, 2.24) is 14.8 Å². The van der Waals surface area contributed by atoms with Crippen molar-refractivity contribution in [2.75, 3.05) is 28.4 Å². The normalized spacial score (nSPS) is 11.5. The minimum atomic E-state index is -0.634. The summed E-state index contributed by atoms with van der Waals surface area (Å²) in [4.78, 5) is 4.44. The van der Waals surface area contributed by atoms with Gasteiger partial charge in [-0.1, -0.05) is 30.3 Å². The third-order valence-corrected chi connectivity index (χ3v) is 3.17. The van der Waals surface area contributed by atoms with Crippen LogP contribution in [-0.4, -0.2) is 43.2 Å². The molecule has 0 aliphatic rings. The fraction of sp³-hybridized carbons (Fsp3) is 0.467. The van der Waals surface area contributed by atoms with E-state index in [9.17, 15) is 0 Å². The second-order valence-electron chi connectivity index (χ2n) is 4.58. The van der Waals surface area contributed by atoms with Crippen molar-refractivity contribution in [3.05, 3.63) is 47.5 Å². The van der Waals surface area contributed by atoms with Crippen molar-refractivity contribution in [3.63, 3.8) is 0 Å². The molecule has 1 aromatic carbocycles. The molecule has 0 amide bonds. The molecule has 0 unspecified atom stereocenters. The molecule has 0 atom stereocenters. The lowest BCUT2D eigenvalue weighted by molar-refractivity contribution is -0.116. The van der Waals surface area contributed by atoms with E-state index in [4.69, 9.17) is 18.9 Å². The van der Waals surface area contributed by atoms with Crippen molar-refractivity contribution in [2.24, 2.45) is 0 Å². The van der Waals surface area contributed by atoms with Crippen LogP contribution in [0.5, 0.6) is 0 Å². The molecule has 2 rings (SSSR count). The average molecular weight is 307 g/mol. The number of aromatic nitrogens is 3. The van der Waals surface area contributed by atoms with Crippen molar-refractivity contribution >= 4 is 0 Å². The van der Waals surface area contributed by atoms with Gasteiger partial charge in [-0.15, -0.1) is 5.10 Å². The highest BCUT2D eigenvalue weighted by atomic mass is 16.7. The molecular formula is C15H21N3O4. The summed E-state index contributed by atoms with van der Waals surface area (Å²) in [6, 6.07) is 9.96. The standard InChI is InChI=1S/C15H21N3O4/c1-19-14(20-2)12-16-13(15(21-3)22-4)18(17-12)10-11-8-6-5-7-9-11/h5-9,14-15H,10H2,1-4H3. The van der Waals surface area contributed by atoms with Crippen LogP contribution < -0.4 is 0 Å². The minimum absolute atomic E-state index is 0.426. The molecule has 1 aromatic heterocycles. The van der Waals surface area contributed by atoms with Crippen LogP contribution in [0.25, 0.3) is 0 Å². The molecule has 0 N–H and O–H groups in total. The van der Waals surface area contributed by atoms with Crippen molar-refractivity contribution in [3.8, 4) is 0 Å². The third-order valence-electron chi connectivity index (χ3n) is 3.17. The van der Waals surface area contributed by atoms with E-state index in [0.29, 0.717) is 18.2 Å². The van der Waals surface area contributed by atoms with E-state index in [-0.39, 0.29) is 0 Å². The first-order valence-electron chi connectivity index (χ1n) is 6.83. The van der Waals surface area contributed by atoms with Crippen molar-refractivity contribution < 1.29 is 18.9 Å². The highest BCUT2D eigenvalue weighted by Crippen LogP contribution is 2.21. The van der Waals surface area contributed by atoms with E-state index in [0.717, 1.165) is 5.56 Å². The van der Waals surface area contributed by atoms with Gasteiger partial charge in [0.1, 0.15) is 0 Å². The number of rotatable bonds is 8. The maximum atomic E-state index is 5.30. The maximum absolute atomic E-state index is 5.30. The van der Waals surface area contributed by atoms with Crippen LogP contribution in [0.3, 0.4) is 0 Å². The first kappa shape index (κ1) is 16.6. The summed E-state index contributed by atoms with van der Waals surface area (Å²) in [5.41, 5.74) is 1.09. The summed E-state index contributed by atoms with van der Waals surface area (Å²) in [6.07, 6.45) is -1.25. The second kappa shape index (κ2) is 8.00. The second-order valence-corrected chi connectivity index (χ2v) is 4.58. The van der Waals surface area contributed by atoms with Crippen LogP contribution in [0.1, 0.15) is 29.8 Å². The number of hydrogen-bond acceptors (Lipinski definition) is 6. The summed E-state index contributed by atoms with van der Waals surface area (Å²) in [5, 5.41) is 4.46. The van der Waals surface area contributed by atoms with Crippen LogP contribution in [0, 0.1) is 0 Å². The van der Waals surface area contributed by atoms with Crippen molar-refractivity contribution in [1.29, 1.82) is 0 Å². The van der Waals surface area contributed by atoms with Gasteiger partial charge in [0, 0.05) is 28.4 Å². The number of nitrogens with zero attached hydrogens (tertiary/aromatic N) is 3. The largest absolute Gasteiger partial charge is 0.349 e. The Morgan fingerprint density at radius 3 is 2.05 bits per heavy atom. The van der Waals surface area contributed by atoms with Gasteiger partial charge >= 0.3 is 0 Å². The summed E-state index contributed by atoms with van der Waals surface area (Å²) < 4.78 is 22.7. The number of methoxy groups -OCH3 is 4. The van der Waals surface area contributed by atoms with Gasteiger partial charge in [0.15, 0.2) is 5.82 Å². The van der Waals surface area contributed by atoms with Gasteiger partial charge in [0.25, 0.3) is 0 Å². The first-order valence-corrected chi connectivity index (χ1v) is 6.83. The third kappa shape index (κ3) is 3.69. The molecule has 1 heterocycles. The Balaban J connectivity index is 2.36. The molecule has 0 saturated heterocycles. The summed E-state index contributed by atoms with van der Waals surface area (Å²) in [5.74, 6) is 0.984. The van der Waals surface area contributed by atoms with Crippen LogP contribution in [-0.2, 0) is 25.5 Å². The molecule has 7 heteroatoms. The Kier molecular flexibility index (Phi) is 6.02. The lowest BCUT2D eigenvalue weighted by Gasteiger charge is -2.13. The fourth-order valence-corrected chi connectivity index (χ4v) is 2.13. The maximum Gasteiger partial charge on any atom is 0.220 e. The summed E-state index contributed by atoms with van der Waals surface area (Å²) >= 11 is 0. The quantitative estimate of drug-likeness (QED) is 0.694. The molecule has 2 aromatic rings. The monoisotopic (exact) mass is 307 g/mol. The lowest BCUT2D eigenvalue weighted by Crippen LogP contribution is -2.14. The van der Waals surface area contributed by atoms with E-state index >= 15 is 0 Å². The van der Waals surface area contributed by atoms with E-state index in [1.807, 2.05) is 30.3 Å². The smallest absolute Gasteiger partial charge is 0.220 e. The van der Waals surface area contributed by atoms with Crippen LogP contribution in [0.2, 0.25) is 0 Å². The molecule has 0 bridgehead atoms. The number of benzene rings is 1. The van der Waals surface area contributed by atoms with Gasteiger partial charge in [0.05, 0.1) is 6.54 Å². The highest BCUT2D eigenvalue weighted by Gasteiger charge is 2.24. The average Bonchev–Trinajstić information content (AvgIpc) is 2.94. The van der Waals surface area contributed by atoms with E-state index in [1.165, 1.54) is 14.2 Å². The zero-order valence-electron chi connectivity index (χ0n) is 13.2. The Bertz CT molecular complexity index is 565. The Labute approximate surface area is 129 Å². The van der Waals surface area contributed by atoms with E-state index < -0.39 is 12.6 Å². The molecule has 0 spiro atoms. The molecule has 7 nitrogen and oxygen atoms in total. The zero-order valence-corrected chi connectivity index (χ0v) is 13.2. The van der Waals surface area contributed by atoms with Crippen LogP contribution >= 0.6 is 0 Å². The van der Waals surface area contributed by atoms with E-state index in [1.54, 1.807) is 18.9 Å². The zero-order chi connectivity index (χ0) is 15.9. The van der Waals surface area contributed by atoms with Crippen LogP contribution in [0.15, 0.2) is 30.3 Å². The topological polar surface area (TPSA) is 67.6 Å². The minimum Gasteiger partial charge on any atom is -0.349 e. The van der Waals surface area contributed by atoms with Crippen molar-refractivity contribution in [2.45, 2.75) is 19.1 Å². The Morgan fingerprint density at radius 2 is 1.50 bits per heavy atom. The highest BCUT2D eigenvalue weighted by molar-refractivity contribution is 5.15.